The van der Waals surface area contributed by atoms with Crippen LogP contribution in [0.25, 0.3) is 10.8 Å². The second-order valence-corrected chi connectivity index (χ2v) is 7.34. The van der Waals surface area contributed by atoms with Gasteiger partial charge in [-0.25, -0.2) is 0 Å². The fourth-order valence-electron chi connectivity index (χ4n) is 3.59. The number of carbonyl (C=O) groups excluding carboxylic acids is 2. The van der Waals surface area contributed by atoms with E-state index in [1.165, 1.54) is 21.3 Å². The van der Waals surface area contributed by atoms with E-state index in [0.717, 1.165) is 21.9 Å². The van der Waals surface area contributed by atoms with Gasteiger partial charge in [0.05, 0.1) is 40.3 Å². The van der Waals surface area contributed by atoms with Crippen LogP contribution >= 0.6 is 0 Å². The Hall–Kier alpha value is -3.74. The normalized spacial score (nSPS) is 11.5. The van der Waals surface area contributed by atoms with Crippen molar-refractivity contribution in [2.75, 3.05) is 27.9 Å². The van der Waals surface area contributed by atoms with Gasteiger partial charge in [-0.1, -0.05) is 42.5 Å². The molecule has 7 nitrogen and oxygen atoms in total. The molecule has 0 spiro atoms. The number of hydrogen-bond donors (Lipinski definition) is 2. The Labute approximate surface area is 187 Å². The summed E-state index contributed by atoms with van der Waals surface area (Å²) in [6.07, 6.45) is 0.205. The third kappa shape index (κ3) is 5.29. The third-order valence-electron chi connectivity index (χ3n) is 5.24. The number of nitrogens with one attached hydrogen (secondary N) is 2. The number of fused-ring (bicyclic) bond motifs is 1. The average molecular weight is 437 g/mol. The van der Waals surface area contributed by atoms with Crippen molar-refractivity contribution in [1.82, 2.24) is 10.6 Å². The number of methoxy groups -OCH3 is 3. The lowest BCUT2D eigenvalue weighted by Crippen LogP contribution is -2.38. The van der Waals surface area contributed by atoms with Crippen molar-refractivity contribution in [3.8, 4) is 17.2 Å². The second-order valence-electron chi connectivity index (χ2n) is 7.34. The fraction of sp³-hybridized carbons (Fsp3) is 0.280. The summed E-state index contributed by atoms with van der Waals surface area (Å²) in [5.41, 5.74) is 1.71. The Morgan fingerprint density at radius 1 is 0.875 bits per heavy atom. The van der Waals surface area contributed by atoms with Crippen LogP contribution < -0.4 is 24.8 Å². The summed E-state index contributed by atoms with van der Waals surface area (Å²) >= 11 is 0. The van der Waals surface area contributed by atoms with Gasteiger partial charge in [0.15, 0.2) is 11.5 Å². The minimum atomic E-state index is -0.328. The molecule has 3 aromatic carbocycles. The summed E-state index contributed by atoms with van der Waals surface area (Å²) in [6.45, 7) is 1.73. The minimum absolute atomic E-state index is 0.113. The number of hydrogen-bond acceptors (Lipinski definition) is 5. The Kier molecular flexibility index (Phi) is 7.54. The van der Waals surface area contributed by atoms with Gasteiger partial charge in [0, 0.05) is 0 Å². The molecule has 0 radical (unpaired) electrons. The molecular weight excluding hydrogens is 408 g/mol. The molecule has 0 aliphatic heterocycles. The summed E-state index contributed by atoms with van der Waals surface area (Å²) in [5.74, 6) is 0.991. The Balaban J connectivity index is 1.59. The maximum Gasteiger partial charge on any atom is 0.239 e. The van der Waals surface area contributed by atoms with Crippen molar-refractivity contribution >= 4 is 22.6 Å². The second kappa shape index (κ2) is 10.5. The van der Waals surface area contributed by atoms with Crippen molar-refractivity contribution < 1.29 is 23.8 Å². The molecule has 0 fully saturated rings. The smallest absolute Gasteiger partial charge is 0.239 e. The number of rotatable bonds is 9. The lowest BCUT2D eigenvalue weighted by Gasteiger charge is -2.19. The van der Waals surface area contributed by atoms with Crippen LogP contribution in [0.4, 0.5) is 0 Å². The van der Waals surface area contributed by atoms with Gasteiger partial charge in [-0.2, -0.15) is 0 Å². The molecule has 0 heterocycles. The SMILES string of the molecule is COc1cc(C(C)NC(=O)CNC(=O)Cc2cccc3ccccc23)cc(OC)c1OC. The van der Waals surface area contributed by atoms with E-state index in [9.17, 15) is 9.59 Å². The topological polar surface area (TPSA) is 85.9 Å². The summed E-state index contributed by atoms with van der Waals surface area (Å²) in [5, 5.41) is 7.69. The van der Waals surface area contributed by atoms with Gasteiger partial charge < -0.3 is 24.8 Å². The Morgan fingerprint density at radius 3 is 2.19 bits per heavy atom. The summed E-state index contributed by atoms with van der Waals surface area (Å²) in [4.78, 5) is 24.8. The predicted molar refractivity (Wildman–Crippen MR) is 123 cm³/mol. The van der Waals surface area contributed by atoms with Crippen molar-refractivity contribution in [2.45, 2.75) is 19.4 Å². The minimum Gasteiger partial charge on any atom is -0.493 e. The van der Waals surface area contributed by atoms with Crippen molar-refractivity contribution in [2.24, 2.45) is 0 Å². The van der Waals surface area contributed by atoms with Crippen LogP contribution in [0.3, 0.4) is 0 Å². The molecular formula is C25H28N2O5. The summed E-state index contributed by atoms with van der Waals surface area (Å²) in [6, 6.07) is 17.0. The van der Waals surface area contributed by atoms with E-state index in [4.69, 9.17) is 14.2 Å². The van der Waals surface area contributed by atoms with Crippen LogP contribution in [0, 0.1) is 0 Å². The molecule has 0 aromatic heterocycles. The largest absolute Gasteiger partial charge is 0.493 e. The maximum absolute atomic E-state index is 12.4. The summed E-state index contributed by atoms with van der Waals surface area (Å²) in [7, 11) is 4.61. The summed E-state index contributed by atoms with van der Waals surface area (Å²) < 4.78 is 16.1. The van der Waals surface area contributed by atoms with Gasteiger partial charge in [0.2, 0.25) is 17.6 Å². The zero-order chi connectivity index (χ0) is 23.1. The van der Waals surface area contributed by atoms with Crippen LogP contribution in [0.2, 0.25) is 0 Å². The van der Waals surface area contributed by atoms with Crippen molar-refractivity contribution in [3.63, 3.8) is 0 Å². The highest BCUT2D eigenvalue weighted by atomic mass is 16.5. The van der Waals surface area contributed by atoms with E-state index in [-0.39, 0.29) is 30.8 Å². The number of ether oxygens (including phenoxy) is 3. The van der Waals surface area contributed by atoms with Crippen molar-refractivity contribution in [1.29, 1.82) is 0 Å². The number of amides is 2. The van der Waals surface area contributed by atoms with E-state index >= 15 is 0 Å². The first-order chi connectivity index (χ1) is 15.5. The van der Waals surface area contributed by atoms with Gasteiger partial charge in [-0.15, -0.1) is 0 Å². The first-order valence-corrected chi connectivity index (χ1v) is 10.3. The molecule has 1 atom stereocenters. The molecule has 168 valence electrons. The zero-order valence-electron chi connectivity index (χ0n) is 18.7. The van der Waals surface area contributed by atoms with Gasteiger partial charge in [-0.05, 0) is 41.0 Å². The van der Waals surface area contributed by atoms with E-state index in [1.807, 2.05) is 49.4 Å². The third-order valence-corrected chi connectivity index (χ3v) is 5.24. The number of benzene rings is 3. The highest BCUT2D eigenvalue weighted by Gasteiger charge is 2.18. The Morgan fingerprint density at radius 2 is 1.53 bits per heavy atom. The molecule has 0 saturated heterocycles. The van der Waals surface area contributed by atoms with Gasteiger partial charge in [0.25, 0.3) is 0 Å². The molecule has 2 N–H and O–H groups in total. The maximum atomic E-state index is 12.4. The van der Waals surface area contributed by atoms with Crippen LogP contribution in [-0.2, 0) is 16.0 Å². The monoisotopic (exact) mass is 436 g/mol. The zero-order valence-corrected chi connectivity index (χ0v) is 18.7. The molecule has 0 saturated carbocycles. The van der Waals surface area contributed by atoms with Crippen LogP contribution in [0.1, 0.15) is 24.1 Å². The highest BCUT2D eigenvalue weighted by molar-refractivity contribution is 5.91. The fourth-order valence-corrected chi connectivity index (χ4v) is 3.59. The molecule has 0 aliphatic carbocycles. The molecule has 2 amide bonds. The molecule has 3 aromatic rings. The van der Waals surface area contributed by atoms with Gasteiger partial charge in [0.1, 0.15) is 0 Å². The Bertz CT molecular complexity index is 1080. The first-order valence-electron chi connectivity index (χ1n) is 10.3. The molecule has 7 heteroatoms. The average Bonchev–Trinajstić information content (AvgIpc) is 2.81. The van der Waals surface area contributed by atoms with Gasteiger partial charge in [-0.3, -0.25) is 9.59 Å². The molecule has 0 aliphatic rings. The van der Waals surface area contributed by atoms with Crippen LogP contribution in [-0.4, -0.2) is 39.7 Å². The molecule has 0 bridgehead atoms. The molecule has 1 unspecified atom stereocenters. The molecule has 32 heavy (non-hydrogen) atoms. The lowest BCUT2D eigenvalue weighted by atomic mass is 10.0. The van der Waals surface area contributed by atoms with E-state index in [2.05, 4.69) is 10.6 Å². The van der Waals surface area contributed by atoms with Crippen molar-refractivity contribution in [3.05, 3.63) is 65.7 Å². The standard InChI is InChI=1S/C25H28N2O5/c1-16(19-12-21(30-2)25(32-4)22(13-19)31-3)27-24(29)15-26-23(28)14-18-10-7-9-17-8-5-6-11-20(17)18/h5-13,16H,14-15H2,1-4H3,(H,26,28)(H,27,29). The van der Waals surface area contributed by atoms with E-state index in [1.54, 1.807) is 12.1 Å². The predicted octanol–water partition coefficient (Wildman–Crippen LogP) is 3.40. The lowest BCUT2D eigenvalue weighted by molar-refractivity contribution is -0.126. The van der Waals surface area contributed by atoms with Gasteiger partial charge >= 0.3 is 0 Å². The van der Waals surface area contributed by atoms with E-state index < -0.39 is 0 Å². The van der Waals surface area contributed by atoms with E-state index in [0.29, 0.717) is 17.2 Å². The molecule has 3 rings (SSSR count). The highest BCUT2D eigenvalue weighted by Crippen LogP contribution is 2.39. The quantitative estimate of drug-likeness (QED) is 0.537. The van der Waals surface area contributed by atoms with Crippen LogP contribution in [0.15, 0.2) is 54.6 Å². The first kappa shape index (κ1) is 22.9. The van der Waals surface area contributed by atoms with Crippen LogP contribution in [0.5, 0.6) is 17.2 Å². The number of carbonyl (C=O) groups is 2.